The molecule has 0 rings (SSSR count). The van der Waals surface area contributed by atoms with Gasteiger partial charge in [-0.3, -0.25) is 9.59 Å². The summed E-state index contributed by atoms with van der Waals surface area (Å²) < 4.78 is 5.47. The molecule has 0 aromatic carbocycles. The minimum Gasteiger partial charge on any atom is -0.466 e. The highest BCUT2D eigenvalue weighted by atomic mass is 16.5. The van der Waals surface area contributed by atoms with Crippen molar-refractivity contribution in [1.29, 1.82) is 0 Å². The maximum atomic E-state index is 12.5. The SMILES string of the molecule is CCCC/C=C\CCCCCCCC(=O)OCCCCCCCCCCCCCC/C=C\CCCCCCCCCCCCCCCCCCC(=O)NC(CO)C(O)/C=C/CCCCCCCCCCCCCCCCCCCCCC. The summed E-state index contributed by atoms with van der Waals surface area (Å²) in [6, 6.07) is -0.627. The third-order valence-corrected chi connectivity index (χ3v) is 17.4. The van der Waals surface area contributed by atoms with E-state index in [1.165, 1.54) is 340 Å². The number of nitrogens with one attached hydrogen (secondary N) is 1. The Kier molecular flexibility index (Phi) is 69.9. The molecular weight excluding hydrogens is 1010 g/mol. The smallest absolute Gasteiger partial charge is 0.305 e. The zero-order chi connectivity index (χ0) is 59.2. The Morgan fingerprint density at radius 3 is 0.902 bits per heavy atom. The van der Waals surface area contributed by atoms with Crippen LogP contribution in [0.5, 0.6) is 0 Å². The molecule has 2 unspecified atom stereocenters. The first-order valence-electron chi connectivity index (χ1n) is 37.3. The molecule has 0 spiro atoms. The van der Waals surface area contributed by atoms with Gasteiger partial charge in [-0.15, -0.1) is 0 Å². The standard InChI is InChI=1S/C76H145NO5/c1-3-5-7-9-11-13-15-16-17-18-19-20-33-36-39-42-45-49-52-56-60-64-68-74(79)73(72-78)77-75(80)69-65-61-57-53-50-46-43-40-37-34-31-29-27-25-23-21-22-24-26-28-30-32-35-38-41-44-47-51-55-59-63-67-71-82-76(81)70-66-62-58-54-48-14-12-10-8-6-4-2/h10,12,24,26,64,68,73-74,78-79H,3-9,11,13-23,25,27-63,65-67,69-72H2,1-2H3,(H,77,80)/b12-10-,26-24-,68-64+. The van der Waals surface area contributed by atoms with Gasteiger partial charge in [0.1, 0.15) is 0 Å². The van der Waals surface area contributed by atoms with Crippen LogP contribution < -0.4 is 5.32 Å². The second kappa shape index (κ2) is 71.6. The predicted molar refractivity (Wildman–Crippen MR) is 361 cm³/mol. The van der Waals surface area contributed by atoms with Crippen LogP contribution in [0.15, 0.2) is 36.5 Å². The molecule has 0 radical (unpaired) electrons. The zero-order valence-corrected chi connectivity index (χ0v) is 55.5. The van der Waals surface area contributed by atoms with Crippen molar-refractivity contribution in [2.75, 3.05) is 13.2 Å². The fourth-order valence-electron chi connectivity index (χ4n) is 11.7. The molecular formula is C76H145NO5. The van der Waals surface area contributed by atoms with Crippen LogP contribution in [0.25, 0.3) is 0 Å². The summed E-state index contributed by atoms with van der Waals surface area (Å²) in [7, 11) is 0. The van der Waals surface area contributed by atoms with Crippen molar-refractivity contribution >= 4 is 11.9 Å². The lowest BCUT2D eigenvalue weighted by Crippen LogP contribution is -2.45. The molecule has 0 aliphatic carbocycles. The normalized spacial score (nSPS) is 12.7. The lowest BCUT2D eigenvalue weighted by atomic mass is 10.0. The lowest BCUT2D eigenvalue weighted by Gasteiger charge is -2.20. The van der Waals surface area contributed by atoms with Crippen LogP contribution in [0, 0.1) is 0 Å². The van der Waals surface area contributed by atoms with Crippen LogP contribution in [0.3, 0.4) is 0 Å². The van der Waals surface area contributed by atoms with Crippen LogP contribution in [-0.2, 0) is 14.3 Å². The molecule has 0 aliphatic rings. The minimum absolute atomic E-state index is 0.00719. The van der Waals surface area contributed by atoms with Gasteiger partial charge in [-0.05, 0) is 77.0 Å². The Labute approximate surface area is 513 Å². The third-order valence-electron chi connectivity index (χ3n) is 17.4. The Hall–Kier alpha value is -1.92. The van der Waals surface area contributed by atoms with Crippen LogP contribution >= 0.6 is 0 Å². The zero-order valence-electron chi connectivity index (χ0n) is 55.5. The van der Waals surface area contributed by atoms with Crippen molar-refractivity contribution in [3.8, 4) is 0 Å². The lowest BCUT2D eigenvalue weighted by molar-refractivity contribution is -0.143. The van der Waals surface area contributed by atoms with E-state index in [0.717, 1.165) is 44.9 Å². The van der Waals surface area contributed by atoms with Gasteiger partial charge in [0, 0.05) is 12.8 Å². The Bertz CT molecular complexity index is 1330. The molecule has 1 amide bonds. The Balaban J connectivity index is 3.39. The summed E-state index contributed by atoms with van der Waals surface area (Å²) in [4.78, 5) is 24.5. The predicted octanol–water partition coefficient (Wildman–Crippen LogP) is 24.3. The van der Waals surface area contributed by atoms with Gasteiger partial charge in [0.15, 0.2) is 0 Å². The third kappa shape index (κ3) is 67.2. The van der Waals surface area contributed by atoms with Crippen molar-refractivity contribution in [3.63, 3.8) is 0 Å². The largest absolute Gasteiger partial charge is 0.466 e. The first kappa shape index (κ1) is 80.1. The van der Waals surface area contributed by atoms with Gasteiger partial charge >= 0.3 is 5.97 Å². The average Bonchev–Trinajstić information content (AvgIpc) is 3.48. The van der Waals surface area contributed by atoms with Crippen LogP contribution in [0.1, 0.15) is 412 Å². The van der Waals surface area contributed by atoms with E-state index in [9.17, 15) is 19.8 Å². The number of allylic oxidation sites excluding steroid dienone is 5. The van der Waals surface area contributed by atoms with Gasteiger partial charge in [-0.2, -0.15) is 0 Å². The second-order valence-corrected chi connectivity index (χ2v) is 25.6. The molecule has 0 heterocycles. The van der Waals surface area contributed by atoms with Crippen molar-refractivity contribution in [1.82, 2.24) is 5.32 Å². The number of hydrogen-bond acceptors (Lipinski definition) is 5. The summed E-state index contributed by atoms with van der Waals surface area (Å²) in [6.07, 6.45) is 92.5. The van der Waals surface area contributed by atoms with Crippen LogP contribution in [0.2, 0.25) is 0 Å². The Morgan fingerprint density at radius 2 is 0.585 bits per heavy atom. The van der Waals surface area contributed by atoms with Crippen molar-refractivity contribution < 1.29 is 24.5 Å². The van der Waals surface area contributed by atoms with Gasteiger partial charge in [-0.1, -0.05) is 359 Å². The number of rotatable bonds is 70. The molecule has 6 heteroatoms. The summed E-state index contributed by atoms with van der Waals surface area (Å²) in [5.74, 6) is -0.0539. The van der Waals surface area contributed by atoms with Crippen molar-refractivity contribution in [2.24, 2.45) is 0 Å². The summed E-state index contributed by atoms with van der Waals surface area (Å²) in [6.45, 7) is 4.90. The number of hydrogen-bond donors (Lipinski definition) is 3. The molecule has 6 nitrogen and oxygen atoms in total. The number of carbonyl (C=O) groups excluding carboxylic acids is 2. The number of unbranched alkanes of at least 4 members (excludes halogenated alkanes) is 55. The highest BCUT2D eigenvalue weighted by molar-refractivity contribution is 5.76. The van der Waals surface area contributed by atoms with E-state index in [4.69, 9.17) is 4.74 Å². The molecule has 0 aliphatic heterocycles. The first-order chi connectivity index (χ1) is 40.5. The summed E-state index contributed by atoms with van der Waals surface area (Å²) in [5, 5.41) is 23.3. The topological polar surface area (TPSA) is 95.9 Å². The molecule has 82 heavy (non-hydrogen) atoms. The Morgan fingerprint density at radius 1 is 0.329 bits per heavy atom. The number of aliphatic hydroxyl groups is 2. The minimum atomic E-state index is -0.844. The number of ether oxygens (including phenoxy) is 1. The van der Waals surface area contributed by atoms with Crippen LogP contribution in [0.4, 0.5) is 0 Å². The van der Waals surface area contributed by atoms with Gasteiger partial charge in [0.25, 0.3) is 0 Å². The van der Waals surface area contributed by atoms with E-state index in [1.54, 1.807) is 6.08 Å². The number of aliphatic hydroxyl groups excluding tert-OH is 2. The molecule has 0 saturated heterocycles. The average molecular weight is 1150 g/mol. The quantitative estimate of drug-likeness (QED) is 0.0320. The highest BCUT2D eigenvalue weighted by Crippen LogP contribution is 2.19. The first-order valence-corrected chi connectivity index (χ1v) is 37.3. The molecule has 0 fully saturated rings. The van der Waals surface area contributed by atoms with Gasteiger partial charge in [0.2, 0.25) is 5.91 Å². The van der Waals surface area contributed by atoms with Gasteiger partial charge in [-0.25, -0.2) is 0 Å². The number of carbonyl (C=O) groups is 2. The van der Waals surface area contributed by atoms with E-state index in [1.807, 2.05) is 6.08 Å². The van der Waals surface area contributed by atoms with E-state index in [2.05, 4.69) is 43.5 Å². The maximum absolute atomic E-state index is 12.5. The monoisotopic (exact) mass is 1150 g/mol. The van der Waals surface area contributed by atoms with Crippen molar-refractivity contribution in [2.45, 2.75) is 424 Å². The number of amides is 1. The fraction of sp³-hybridized carbons (Fsp3) is 0.895. The van der Waals surface area contributed by atoms with E-state index in [0.29, 0.717) is 19.4 Å². The van der Waals surface area contributed by atoms with Crippen molar-refractivity contribution in [3.05, 3.63) is 36.5 Å². The molecule has 0 aromatic heterocycles. The molecule has 0 bridgehead atoms. The molecule has 3 N–H and O–H groups in total. The molecule has 484 valence electrons. The van der Waals surface area contributed by atoms with E-state index < -0.39 is 12.1 Å². The second-order valence-electron chi connectivity index (χ2n) is 25.6. The molecule has 2 atom stereocenters. The fourth-order valence-corrected chi connectivity index (χ4v) is 11.7. The maximum Gasteiger partial charge on any atom is 0.305 e. The van der Waals surface area contributed by atoms with E-state index >= 15 is 0 Å². The summed E-state index contributed by atoms with van der Waals surface area (Å²) >= 11 is 0. The highest BCUT2D eigenvalue weighted by Gasteiger charge is 2.18. The molecule has 0 saturated carbocycles. The number of esters is 1. The van der Waals surface area contributed by atoms with E-state index in [-0.39, 0.29) is 18.5 Å². The van der Waals surface area contributed by atoms with Gasteiger partial charge < -0.3 is 20.3 Å². The van der Waals surface area contributed by atoms with Gasteiger partial charge in [0.05, 0.1) is 25.4 Å². The summed E-state index contributed by atoms with van der Waals surface area (Å²) in [5.41, 5.74) is 0. The van der Waals surface area contributed by atoms with Crippen LogP contribution in [-0.4, -0.2) is 47.4 Å². The molecule has 0 aromatic rings.